The molecule has 1 aliphatic carbocycles. The predicted molar refractivity (Wildman–Crippen MR) is 171 cm³/mol. The molecule has 0 aliphatic heterocycles. The van der Waals surface area contributed by atoms with Crippen molar-refractivity contribution in [2.75, 3.05) is 5.75 Å². The zero-order chi connectivity index (χ0) is 26.1. The van der Waals surface area contributed by atoms with Gasteiger partial charge in [0.25, 0.3) is 0 Å². The highest BCUT2D eigenvalue weighted by Crippen LogP contribution is 2.57. The van der Waals surface area contributed by atoms with Gasteiger partial charge in [-0.25, -0.2) is 0 Å². The summed E-state index contributed by atoms with van der Waals surface area (Å²) in [6.07, 6.45) is 19.8. The van der Waals surface area contributed by atoms with E-state index in [2.05, 4.69) is 90.9 Å². The molecular formula is C35H47BrS. The van der Waals surface area contributed by atoms with E-state index in [4.69, 9.17) is 0 Å². The zero-order valence-corrected chi connectivity index (χ0v) is 25.7. The number of halogens is 1. The lowest BCUT2D eigenvalue weighted by Crippen LogP contribution is -2.26. The lowest BCUT2D eigenvalue weighted by atomic mass is 9.70. The van der Waals surface area contributed by atoms with Gasteiger partial charge in [0.15, 0.2) is 0 Å². The fraction of sp³-hybridized carbons (Fsp3) is 0.543. The van der Waals surface area contributed by atoms with Crippen molar-refractivity contribution in [2.45, 2.75) is 116 Å². The van der Waals surface area contributed by atoms with Crippen LogP contribution < -0.4 is 0 Å². The third kappa shape index (κ3) is 6.50. The van der Waals surface area contributed by atoms with Crippen LogP contribution in [-0.4, -0.2) is 5.75 Å². The first-order chi connectivity index (χ1) is 18.2. The summed E-state index contributed by atoms with van der Waals surface area (Å²) in [6.45, 7) is 4.62. The van der Waals surface area contributed by atoms with Crippen molar-refractivity contribution in [1.29, 1.82) is 0 Å². The highest BCUT2D eigenvalue weighted by atomic mass is 79.9. The number of unbranched alkanes of at least 4 members (excludes halogenated alkanes) is 10. The van der Waals surface area contributed by atoms with E-state index < -0.39 is 0 Å². The van der Waals surface area contributed by atoms with Crippen LogP contribution in [-0.2, 0) is 11.8 Å². The van der Waals surface area contributed by atoms with Gasteiger partial charge >= 0.3 is 0 Å². The zero-order valence-electron chi connectivity index (χ0n) is 23.3. The Labute approximate surface area is 240 Å². The molecule has 0 heterocycles. The van der Waals surface area contributed by atoms with E-state index in [-0.39, 0.29) is 5.41 Å². The van der Waals surface area contributed by atoms with Crippen molar-refractivity contribution in [3.8, 4) is 11.1 Å². The molecule has 0 unspecified atom stereocenters. The number of aryl methyl sites for hydroxylation is 1. The Bertz CT molecular complexity index is 1130. The summed E-state index contributed by atoms with van der Waals surface area (Å²) in [4.78, 5) is 0. The van der Waals surface area contributed by atoms with Gasteiger partial charge < -0.3 is 0 Å². The summed E-state index contributed by atoms with van der Waals surface area (Å²) in [5.74, 6) is 0.892. The Hall–Kier alpha value is -1.25. The van der Waals surface area contributed by atoms with E-state index in [9.17, 15) is 0 Å². The number of fused-ring (bicyclic) bond motifs is 5. The van der Waals surface area contributed by atoms with E-state index >= 15 is 0 Å². The standard InChI is InChI=1S/C35H47BrS/c1-3-5-7-9-11-15-22-35(23-16-12-10-8-6-4-2)32-26-28(36)19-20-31(32)34-30-18-14-13-17-29(30)27(21-24-37)25-33(34)35/h13-14,17-20,25-26,37H,3-12,15-16,21-24H2,1-2H3. The van der Waals surface area contributed by atoms with E-state index in [1.807, 2.05) is 0 Å². The van der Waals surface area contributed by atoms with Gasteiger partial charge in [-0.2, -0.15) is 12.6 Å². The maximum Gasteiger partial charge on any atom is 0.0215 e. The lowest BCUT2D eigenvalue weighted by Gasteiger charge is -2.33. The molecule has 0 radical (unpaired) electrons. The van der Waals surface area contributed by atoms with Gasteiger partial charge in [-0.15, -0.1) is 0 Å². The molecule has 0 amide bonds. The largest absolute Gasteiger partial charge is 0.179 e. The summed E-state index contributed by atoms with van der Waals surface area (Å²) < 4.78 is 1.22. The number of hydrogen-bond donors (Lipinski definition) is 1. The molecule has 0 saturated heterocycles. The Morgan fingerprint density at radius 3 is 1.89 bits per heavy atom. The van der Waals surface area contributed by atoms with Crippen molar-refractivity contribution in [3.63, 3.8) is 0 Å². The molecular weight excluding hydrogens is 532 g/mol. The van der Waals surface area contributed by atoms with Crippen molar-refractivity contribution >= 4 is 39.3 Å². The quantitative estimate of drug-likeness (QED) is 0.127. The molecule has 0 aromatic heterocycles. The minimum atomic E-state index is 0.124. The van der Waals surface area contributed by atoms with E-state index in [0.29, 0.717) is 0 Å². The van der Waals surface area contributed by atoms with Crippen LogP contribution in [0.4, 0.5) is 0 Å². The fourth-order valence-corrected chi connectivity index (χ4v) is 7.40. The summed E-state index contributed by atoms with van der Waals surface area (Å²) in [5, 5.41) is 2.85. The average molecular weight is 580 g/mol. The van der Waals surface area contributed by atoms with Gasteiger partial charge in [0, 0.05) is 9.89 Å². The smallest absolute Gasteiger partial charge is 0.0215 e. The molecule has 4 rings (SSSR count). The normalized spacial score (nSPS) is 13.7. The van der Waals surface area contributed by atoms with Gasteiger partial charge in [0.1, 0.15) is 0 Å². The first-order valence-electron chi connectivity index (χ1n) is 15.1. The molecule has 0 fully saturated rings. The fourth-order valence-electron chi connectivity index (χ4n) is 6.80. The minimum absolute atomic E-state index is 0.124. The predicted octanol–water partition coefficient (Wildman–Crippen LogP) is 11.8. The number of rotatable bonds is 16. The molecule has 0 nitrogen and oxygen atoms in total. The molecule has 3 aromatic rings. The van der Waals surface area contributed by atoms with Crippen LogP contribution in [0.3, 0.4) is 0 Å². The Balaban J connectivity index is 1.77. The van der Waals surface area contributed by atoms with Crippen molar-refractivity contribution < 1.29 is 0 Å². The first-order valence-corrected chi connectivity index (χ1v) is 16.5. The third-order valence-electron chi connectivity index (χ3n) is 8.71. The van der Waals surface area contributed by atoms with Gasteiger partial charge in [-0.3, -0.25) is 0 Å². The second-order valence-corrected chi connectivity index (χ2v) is 12.6. The minimum Gasteiger partial charge on any atom is -0.179 e. The SMILES string of the molecule is CCCCCCCCC1(CCCCCCCC)c2cc(Br)ccc2-c2c1cc(CCS)c1ccccc21. The molecule has 0 bridgehead atoms. The molecule has 37 heavy (non-hydrogen) atoms. The van der Waals surface area contributed by atoms with Crippen molar-refractivity contribution in [3.05, 3.63) is 69.7 Å². The monoisotopic (exact) mass is 578 g/mol. The van der Waals surface area contributed by atoms with E-state index in [0.717, 1.165) is 12.2 Å². The summed E-state index contributed by atoms with van der Waals surface area (Å²) in [7, 11) is 0. The number of thiol groups is 1. The molecule has 0 N–H and O–H groups in total. The second-order valence-electron chi connectivity index (χ2n) is 11.3. The molecule has 0 atom stereocenters. The van der Waals surface area contributed by atoms with Crippen molar-refractivity contribution in [1.82, 2.24) is 0 Å². The third-order valence-corrected chi connectivity index (χ3v) is 9.42. The summed E-state index contributed by atoms with van der Waals surface area (Å²) >= 11 is 8.52. The van der Waals surface area contributed by atoms with Gasteiger partial charge in [-0.05, 0) is 75.7 Å². The molecule has 1 aliphatic rings. The summed E-state index contributed by atoms with van der Waals surface area (Å²) in [5.41, 5.74) is 7.78. The average Bonchev–Trinajstić information content (AvgIpc) is 3.17. The van der Waals surface area contributed by atoms with Crippen LogP contribution in [0.25, 0.3) is 21.9 Å². The van der Waals surface area contributed by atoms with Crippen molar-refractivity contribution in [2.24, 2.45) is 0 Å². The molecule has 3 aromatic carbocycles. The Morgan fingerprint density at radius 2 is 1.27 bits per heavy atom. The van der Waals surface area contributed by atoms with Gasteiger partial charge in [0.05, 0.1) is 0 Å². The van der Waals surface area contributed by atoms with Crippen LogP contribution in [0.5, 0.6) is 0 Å². The second kappa shape index (κ2) is 14.2. The van der Waals surface area contributed by atoms with Gasteiger partial charge in [0.2, 0.25) is 0 Å². The van der Waals surface area contributed by atoms with Crippen LogP contribution in [0.15, 0.2) is 53.0 Å². The Morgan fingerprint density at radius 1 is 0.676 bits per heavy atom. The lowest BCUT2D eigenvalue weighted by molar-refractivity contribution is 0.397. The first kappa shape index (κ1) is 28.8. The van der Waals surface area contributed by atoms with Crippen LogP contribution in [0.2, 0.25) is 0 Å². The molecule has 0 saturated carbocycles. The molecule has 0 spiro atoms. The highest BCUT2D eigenvalue weighted by molar-refractivity contribution is 9.10. The van der Waals surface area contributed by atoms with Crippen LogP contribution in [0, 0.1) is 0 Å². The van der Waals surface area contributed by atoms with Crippen LogP contribution in [0.1, 0.15) is 120 Å². The summed E-state index contributed by atoms with van der Waals surface area (Å²) in [6, 6.07) is 18.9. The Kier molecular flexibility index (Phi) is 11.1. The maximum atomic E-state index is 4.66. The maximum absolute atomic E-state index is 4.66. The molecule has 200 valence electrons. The molecule has 2 heteroatoms. The number of hydrogen-bond acceptors (Lipinski definition) is 1. The van der Waals surface area contributed by atoms with E-state index in [1.165, 1.54) is 122 Å². The topological polar surface area (TPSA) is 0 Å². The number of benzene rings is 3. The van der Waals surface area contributed by atoms with Gasteiger partial charge in [-0.1, -0.05) is 143 Å². The highest BCUT2D eigenvalue weighted by Gasteiger charge is 2.43. The van der Waals surface area contributed by atoms with E-state index in [1.54, 1.807) is 11.1 Å². The van der Waals surface area contributed by atoms with Crippen LogP contribution >= 0.6 is 28.6 Å².